The summed E-state index contributed by atoms with van der Waals surface area (Å²) in [5.41, 5.74) is 2.39. The predicted molar refractivity (Wildman–Crippen MR) is 82.8 cm³/mol. The van der Waals surface area contributed by atoms with Crippen molar-refractivity contribution in [2.24, 2.45) is 0 Å². The Morgan fingerprint density at radius 3 is 2.74 bits per heavy atom. The fraction of sp³-hybridized carbons (Fsp3) is 0.357. The largest absolute Gasteiger partial charge is 0.497 e. The summed E-state index contributed by atoms with van der Waals surface area (Å²) < 4.78 is 5.17. The summed E-state index contributed by atoms with van der Waals surface area (Å²) in [5, 5.41) is 5.81. The van der Waals surface area contributed by atoms with E-state index in [0.29, 0.717) is 0 Å². The second-order valence-electron chi connectivity index (χ2n) is 4.41. The molecule has 0 amide bonds. The van der Waals surface area contributed by atoms with Gasteiger partial charge in [-0.15, -0.1) is 12.4 Å². The zero-order valence-corrected chi connectivity index (χ0v) is 12.4. The topological polar surface area (TPSA) is 34.1 Å². The summed E-state index contributed by atoms with van der Waals surface area (Å²) in [6.07, 6.45) is 3.56. The molecule has 3 nitrogen and oxygen atoms in total. The molecule has 0 saturated heterocycles. The molecule has 5 heteroatoms. The van der Waals surface area contributed by atoms with Crippen molar-refractivity contribution < 1.29 is 4.74 Å². The number of halogens is 1. The highest BCUT2D eigenvalue weighted by Gasteiger charge is 2.14. The zero-order chi connectivity index (χ0) is 12.4. The first kappa shape index (κ1) is 14.2. The van der Waals surface area contributed by atoms with Gasteiger partial charge in [0.2, 0.25) is 0 Å². The van der Waals surface area contributed by atoms with E-state index in [-0.39, 0.29) is 12.4 Å². The quantitative estimate of drug-likeness (QED) is 0.910. The van der Waals surface area contributed by atoms with E-state index in [4.69, 9.17) is 9.72 Å². The number of benzene rings is 1. The molecule has 0 aliphatic carbocycles. The van der Waals surface area contributed by atoms with E-state index in [1.54, 1.807) is 18.4 Å². The van der Waals surface area contributed by atoms with E-state index >= 15 is 0 Å². The lowest BCUT2D eigenvalue weighted by atomic mass is 10.2. The first-order valence-electron chi connectivity index (χ1n) is 6.25. The number of aromatic nitrogens is 1. The lowest BCUT2D eigenvalue weighted by Crippen LogP contribution is -1.96. The monoisotopic (exact) mass is 296 g/mol. The molecule has 3 rings (SSSR count). The minimum atomic E-state index is 0. The third kappa shape index (κ3) is 3.01. The number of hydrogen-bond acceptors (Lipinski definition) is 4. The van der Waals surface area contributed by atoms with Crippen LogP contribution in [0.15, 0.2) is 24.3 Å². The standard InChI is InChI=1S/C14H16N2OS.ClH/c1-17-11-7-5-10(6-8-11)13-16-12-4-2-3-9-15-14(12)18-13;/h5-8,15H,2-4,9H2,1H3;1H. The Kier molecular flexibility index (Phi) is 4.66. The normalized spacial score (nSPS) is 13.7. The molecule has 0 fully saturated rings. The van der Waals surface area contributed by atoms with Gasteiger partial charge in [0.25, 0.3) is 0 Å². The minimum absolute atomic E-state index is 0. The van der Waals surface area contributed by atoms with Gasteiger partial charge in [0.05, 0.1) is 12.8 Å². The van der Waals surface area contributed by atoms with Crippen LogP contribution in [0.25, 0.3) is 10.6 Å². The maximum atomic E-state index is 5.17. The second kappa shape index (κ2) is 6.26. The summed E-state index contributed by atoms with van der Waals surface area (Å²) >= 11 is 1.75. The molecule has 0 spiro atoms. The maximum absolute atomic E-state index is 5.17. The van der Waals surface area contributed by atoms with E-state index in [0.717, 1.165) is 29.3 Å². The van der Waals surface area contributed by atoms with Crippen LogP contribution >= 0.6 is 23.7 Å². The number of nitrogens with one attached hydrogen (secondary N) is 1. The highest BCUT2D eigenvalue weighted by molar-refractivity contribution is 7.19. The van der Waals surface area contributed by atoms with Gasteiger partial charge in [0, 0.05) is 12.1 Å². The highest BCUT2D eigenvalue weighted by Crippen LogP contribution is 2.34. The fourth-order valence-electron chi connectivity index (χ4n) is 2.14. The SMILES string of the molecule is COc1ccc(-c2nc3c(s2)NCCCC3)cc1.Cl. The van der Waals surface area contributed by atoms with Crippen molar-refractivity contribution in [2.45, 2.75) is 19.3 Å². The van der Waals surface area contributed by atoms with E-state index in [1.165, 1.54) is 23.5 Å². The van der Waals surface area contributed by atoms with Crippen LogP contribution in [0.1, 0.15) is 18.5 Å². The molecule has 1 aromatic carbocycles. The smallest absolute Gasteiger partial charge is 0.125 e. The van der Waals surface area contributed by atoms with E-state index in [9.17, 15) is 0 Å². The lowest BCUT2D eigenvalue weighted by Gasteiger charge is -2.00. The van der Waals surface area contributed by atoms with Crippen molar-refractivity contribution in [3.05, 3.63) is 30.0 Å². The van der Waals surface area contributed by atoms with Crippen molar-refractivity contribution in [1.29, 1.82) is 0 Å². The van der Waals surface area contributed by atoms with Crippen LogP contribution < -0.4 is 10.1 Å². The Hall–Kier alpha value is -1.26. The molecular formula is C14H17ClN2OS. The number of ether oxygens (including phenoxy) is 1. The molecule has 102 valence electrons. The molecule has 19 heavy (non-hydrogen) atoms. The number of nitrogens with zero attached hydrogens (tertiary/aromatic N) is 1. The molecule has 0 unspecified atom stereocenters. The zero-order valence-electron chi connectivity index (χ0n) is 10.8. The van der Waals surface area contributed by atoms with Crippen molar-refractivity contribution >= 4 is 28.7 Å². The average Bonchev–Trinajstić information content (AvgIpc) is 2.70. The maximum Gasteiger partial charge on any atom is 0.125 e. The summed E-state index contributed by atoms with van der Waals surface area (Å²) in [6.45, 7) is 1.07. The molecule has 1 N–H and O–H groups in total. The van der Waals surface area contributed by atoms with Gasteiger partial charge in [-0.25, -0.2) is 4.98 Å². The molecule has 2 heterocycles. The highest BCUT2D eigenvalue weighted by atomic mass is 35.5. The fourth-order valence-corrected chi connectivity index (χ4v) is 3.18. The molecule has 0 radical (unpaired) electrons. The minimum Gasteiger partial charge on any atom is -0.497 e. The third-order valence-corrected chi connectivity index (χ3v) is 4.26. The number of fused-ring (bicyclic) bond motifs is 1. The molecule has 0 atom stereocenters. The van der Waals surface area contributed by atoms with Crippen LogP contribution in [-0.4, -0.2) is 18.6 Å². The number of methoxy groups -OCH3 is 1. The number of aryl methyl sites for hydroxylation is 1. The van der Waals surface area contributed by atoms with Gasteiger partial charge in [-0.1, -0.05) is 11.3 Å². The molecule has 2 aromatic rings. The van der Waals surface area contributed by atoms with Gasteiger partial charge in [0.1, 0.15) is 15.8 Å². The molecule has 0 saturated carbocycles. The number of hydrogen-bond donors (Lipinski definition) is 1. The van der Waals surface area contributed by atoms with Crippen molar-refractivity contribution in [3.8, 4) is 16.3 Å². The summed E-state index contributed by atoms with van der Waals surface area (Å²) in [7, 11) is 1.69. The molecule has 0 bridgehead atoms. The Bertz CT molecular complexity index is 515. The van der Waals surface area contributed by atoms with Crippen LogP contribution in [0.5, 0.6) is 5.75 Å². The Morgan fingerprint density at radius 2 is 2.00 bits per heavy atom. The van der Waals surface area contributed by atoms with Crippen LogP contribution in [0.2, 0.25) is 0 Å². The van der Waals surface area contributed by atoms with Gasteiger partial charge >= 0.3 is 0 Å². The van der Waals surface area contributed by atoms with Crippen LogP contribution in [0.3, 0.4) is 0 Å². The van der Waals surface area contributed by atoms with Gasteiger partial charge in [-0.2, -0.15) is 0 Å². The van der Waals surface area contributed by atoms with E-state index in [2.05, 4.69) is 17.4 Å². The van der Waals surface area contributed by atoms with Gasteiger partial charge in [-0.05, 0) is 43.5 Å². The van der Waals surface area contributed by atoms with Crippen molar-refractivity contribution in [2.75, 3.05) is 19.0 Å². The molecule has 1 aliphatic heterocycles. The van der Waals surface area contributed by atoms with Crippen molar-refractivity contribution in [3.63, 3.8) is 0 Å². The average molecular weight is 297 g/mol. The summed E-state index contributed by atoms with van der Waals surface area (Å²) in [5.74, 6) is 0.884. The van der Waals surface area contributed by atoms with Crippen LogP contribution in [0.4, 0.5) is 5.00 Å². The molecule has 1 aliphatic rings. The van der Waals surface area contributed by atoms with Gasteiger partial charge in [0.15, 0.2) is 0 Å². The number of anilines is 1. The Morgan fingerprint density at radius 1 is 1.21 bits per heavy atom. The van der Waals surface area contributed by atoms with E-state index < -0.39 is 0 Å². The Balaban J connectivity index is 0.00000133. The number of rotatable bonds is 2. The first-order chi connectivity index (χ1) is 8.86. The first-order valence-corrected chi connectivity index (χ1v) is 7.06. The van der Waals surface area contributed by atoms with Gasteiger partial charge in [-0.3, -0.25) is 0 Å². The van der Waals surface area contributed by atoms with Crippen LogP contribution in [0, 0.1) is 0 Å². The van der Waals surface area contributed by atoms with Crippen LogP contribution in [-0.2, 0) is 6.42 Å². The third-order valence-electron chi connectivity index (χ3n) is 3.16. The van der Waals surface area contributed by atoms with E-state index in [1.807, 2.05) is 12.1 Å². The molecular weight excluding hydrogens is 280 g/mol. The summed E-state index contributed by atoms with van der Waals surface area (Å²) in [4.78, 5) is 4.75. The Labute approximate surface area is 123 Å². The van der Waals surface area contributed by atoms with Gasteiger partial charge < -0.3 is 10.1 Å². The lowest BCUT2D eigenvalue weighted by molar-refractivity contribution is 0.415. The summed E-state index contributed by atoms with van der Waals surface area (Å²) in [6, 6.07) is 8.10. The van der Waals surface area contributed by atoms with Crippen molar-refractivity contribution in [1.82, 2.24) is 4.98 Å². The molecule has 1 aromatic heterocycles. The number of thiazole rings is 1. The predicted octanol–water partition coefficient (Wildman–Crippen LogP) is 3.99. The second-order valence-corrected chi connectivity index (χ2v) is 5.41.